The minimum absolute atomic E-state index is 0.0290. The molecule has 9 nitrogen and oxygen atoms in total. The van der Waals surface area contributed by atoms with Crippen LogP contribution in [0.5, 0.6) is 0 Å². The van der Waals surface area contributed by atoms with E-state index in [0.29, 0.717) is 27.7 Å². The molecule has 0 bridgehead atoms. The summed E-state index contributed by atoms with van der Waals surface area (Å²) >= 11 is 6.11. The maximum Gasteiger partial charge on any atom is 0.254 e. The standard InChI is InChI=1S/C20H16ClN5O4/c21-13-7-3-1-5-11(13)18-25-17(30-26-18)10-22-16(27)9-15-20(29)23-14-8-4-2-6-12(14)19(28)24-15/h1-8,15H,9-10H2,(H,22,27)(H,23,29)(H,24,28)/t15-/m1/s1. The SMILES string of the molecule is O=C(C[C@H]1NC(=O)c2ccccc2NC1=O)NCc1nc(-c2ccccc2Cl)no1. The molecule has 30 heavy (non-hydrogen) atoms. The number of nitrogens with one attached hydrogen (secondary N) is 3. The highest BCUT2D eigenvalue weighted by atomic mass is 35.5. The fourth-order valence-electron chi connectivity index (χ4n) is 2.97. The van der Waals surface area contributed by atoms with Crippen molar-refractivity contribution in [1.82, 2.24) is 20.8 Å². The van der Waals surface area contributed by atoms with Crippen LogP contribution in [-0.2, 0) is 16.1 Å². The van der Waals surface area contributed by atoms with Gasteiger partial charge >= 0.3 is 0 Å². The summed E-state index contributed by atoms with van der Waals surface area (Å²) in [6.07, 6.45) is -0.239. The average Bonchev–Trinajstić information content (AvgIpc) is 3.17. The number of para-hydroxylation sites is 1. The van der Waals surface area contributed by atoms with Crippen molar-refractivity contribution >= 4 is 35.0 Å². The summed E-state index contributed by atoms with van der Waals surface area (Å²) in [5.41, 5.74) is 1.35. The summed E-state index contributed by atoms with van der Waals surface area (Å²) in [5.74, 6) is -0.873. The van der Waals surface area contributed by atoms with Crippen molar-refractivity contribution < 1.29 is 18.9 Å². The third kappa shape index (κ3) is 4.15. The van der Waals surface area contributed by atoms with Crippen LogP contribution in [0.25, 0.3) is 11.4 Å². The number of nitrogens with zero attached hydrogens (tertiary/aromatic N) is 2. The molecule has 0 radical (unpaired) electrons. The van der Waals surface area contributed by atoms with Crippen molar-refractivity contribution in [2.24, 2.45) is 0 Å². The Hall–Kier alpha value is -3.72. The van der Waals surface area contributed by atoms with Crippen LogP contribution in [0.1, 0.15) is 22.7 Å². The average molecular weight is 426 g/mol. The van der Waals surface area contributed by atoms with E-state index < -0.39 is 23.8 Å². The van der Waals surface area contributed by atoms with E-state index in [2.05, 4.69) is 26.1 Å². The number of halogens is 1. The Morgan fingerprint density at radius 1 is 1.10 bits per heavy atom. The van der Waals surface area contributed by atoms with Gasteiger partial charge in [0.15, 0.2) is 0 Å². The fraction of sp³-hybridized carbons (Fsp3) is 0.150. The van der Waals surface area contributed by atoms with Gasteiger partial charge in [0.1, 0.15) is 6.04 Å². The second-order valence-electron chi connectivity index (χ2n) is 6.53. The number of hydrogen-bond acceptors (Lipinski definition) is 6. The second-order valence-corrected chi connectivity index (χ2v) is 6.94. The Labute approximate surface area is 175 Å². The number of fused-ring (bicyclic) bond motifs is 1. The molecule has 4 rings (SSSR count). The van der Waals surface area contributed by atoms with Gasteiger partial charge in [-0.3, -0.25) is 14.4 Å². The van der Waals surface area contributed by atoms with Crippen molar-refractivity contribution in [2.75, 3.05) is 5.32 Å². The molecule has 2 heterocycles. The van der Waals surface area contributed by atoms with Gasteiger partial charge in [-0.15, -0.1) is 0 Å². The number of amides is 3. The molecule has 3 aromatic rings. The summed E-state index contributed by atoms with van der Waals surface area (Å²) in [5, 5.41) is 12.2. The lowest BCUT2D eigenvalue weighted by Crippen LogP contribution is -2.44. The summed E-state index contributed by atoms with van der Waals surface area (Å²) in [6, 6.07) is 12.7. The van der Waals surface area contributed by atoms with Gasteiger partial charge in [0, 0.05) is 5.56 Å². The number of carbonyl (C=O) groups is 3. The quantitative estimate of drug-likeness (QED) is 0.575. The number of carbonyl (C=O) groups excluding carboxylic acids is 3. The Kier molecular flexibility index (Phi) is 5.44. The predicted octanol–water partition coefficient (Wildman–Crippen LogP) is 2.15. The van der Waals surface area contributed by atoms with Gasteiger partial charge in [0.25, 0.3) is 5.91 Å². The first-order valence-corrected chi connectivity index (χ1v) is 9.44. The van der Waals surface area contributed by atoms with Crippen LogP contribution in [0.2, 0.25) is 5.02 Å². The van der Waals surface area contributed by atoms with E-state index in [0.717, 1.165) is 0 Å². The molecular weight excluding hydrogens is 410 g/mol. The first-order chi connectivity index (χ1) is 14.5. The van der Waals surface area contributed by atoms with E-state index in [9.17, 15) is 14.4 Å². The van der Waals surface area contributed by atoms with Gasteiger partial charge in [-0.1, -0.05) is 41.0 Å². The lowest BCUT2D eigenvalue weighted by Gasteiger charge is -2.13. The molecule has 0 fully saturated rings. The van der Waals surface area contributed by atoms with Crippen molar-refractivity contribution in [3.63, 3.8) is 0 Å². The minimum Gasteiger partial charge on any atom is -0.347 e. The molecule has 152 valence electrons. The lowest BCUT2D eigenvalue weighted by molar-refractivity contribution is -0.125. The van der Waals surface area contributed by atoms with E-state index in [1.165, 1.54) is 0 Å². The van der Waals surface area contributed by atoms with Crippen LogP contribution in [0.3, 0.4) is 0 Å². The molecule has 3 N–H and O–H groups in total. The Morgan fingerprint density at radius 2 is 1.83 bits per heavy atom. The van der Waals surface area contributed by atoms with Crippen molar-refractivity contribution in [1.29, 1.82) is 0 Å². The molecule has 0 saturated carbocycles. The fourth-order valence-corrected chi connectivity index (χ4v) is 3.19. The van der Waals surface area contributed by atoms with E-state index >= 15 is 0 Å². The van der Waals surface area contributed by atoms with Crippen molar-refractivity contribution in [3.8, 4) is 11.4 Å². The largest absolute Gasteiger partial charge is 0.347 e. The summed E-state index contributed by atoms with van der Waals surface area (Å²) in [7, 11) is 0. The highest BCUT2D eigenvalue weighted by Crippen LogP contribution is 2.24. The van der Waals surface area contributed by atoms with E-state index in [4.69, 9.17) is 16.1 Å². The zero-order valence-electron chi connectivity index (χ0n) is 15.5. The first kappa shape index (κ1) is 19.6. The third-order valence-electron chi connectivity index (χ3n) is 4.46. The minimum atomic E-state index is -1.01. The topological polar surface area (TPSA) is 126 Å². The van der Waals surface area contributed by atoms with Crippen LogP contribution in [-0.4, -0.2) is 33.9 Å². The Balaban J connectivity index is 1.36. The third-order valence-corrected chi connectivity index (χ3v) is 4.79. The summed E-state index contributed by atoms with van der Waals surface area (Å²) < 4.78 is 5.13. The molecular formula is C20H16ClN5O4. The molecule has 1 aliphatic rings. The molecule has 0 saturated heterocycles. The van der Waals surface area contributed by atoms with Crippen LogP contribution in [0.4, 0.5) is 5.69 Å². The lowest BCUT2D eigenvalue weighted by atomic mass is 10.1. The van der Waals surface area contributed by atoms with Crippen LogP contribution in [0, 0.1) is 0 Å². The molecule has 10 heteroatoms. The van der Waals surface area contributed by atoms with Gasteiger partial charge < -0.3 is 20.5 Å². The van der Waals surface area contributed by atoms with Crippen molar-refractivity contribution in [3.05, 3.63) is 65.0 Å². The molecule has 1 atom stereocenters. The normalized spacial score (nSPS) is 15.6. The summed E-state index contributed by atoms with van der Waals surface area (Å²) in [4.78, 5) is 41.2. The highest BCUT2D eigenvalue weighted by molar-refractivity contribution is 6.33. The van der Waals surface area contributed by atoms with Gasteiger partial charge in [-0.25, -0.2) is 0 Å². The van der Waals surface area contributed by atoms with E-state index in [1.807, 2.05) is 0 Å². The molecule has 1 aliphatic heterocycles. The second kappa shape index (κ2) is 8.34. The maximum atomic E-state index is 12.4. The van der Waals surface area contributed by atoms with E-state index in [-0.39, 0.29) is 18.9 Å². The molecule has 0 aliphatic carbocycles. The maximum absolute atomic E-state index is 12.4. The van der Waals surface area contributed by atoms with Gasteiger partial charge in [-0.05, 0) is 24.3 Å². The molecule has 2 aromatic carbocycles. The summed E-state index contributed by atoms with van der Waals surface area (Å²) in [6.45, 7) is -0.0290. The van der Waals surface area contributed by atoms with E-state index in [1.54, 1.807) is 48.5 Å². The Morgan fingerprint density at radius 3 is 2.63 bits per heavy atom. The van der Waals surface area contributed by atoms with Crippen LogP contribution < -0.4 is 16.0 Å². The first-order valence-electron chi connectivity index (χ1n) is 9.06. The molecule has 1 aromatic heterocycles. The van der Waals surface area contributed by atoms with Crippen LogP contribution >= 0.6 is 11.6 Å². The predicted molar refractivity (Wildman–Crippen MR) is 108 cm³/mol. The number of hydrogen-bond donors (Lipinski definition) is 3. The van der Waals surface area contributed by atoms with Gasteiger partial charge in [-0.2, -0.15) is 4.98 Å². The molecule has 0 spiro atoms. The monoisotopic (exact) mass is 425 g/mol. The smallest absolute Gasteiger partial charge is 0.254 e. The number of anilines is 1. The number of benzene rings is 2. The zero-order valence-corrected chi connectivity index (χ0v) is 16.3. The van der Waals surface area contributed by atoms with Crippen molar-refractivity contribution in [2.45, 2.75) is 19.0 Å². The van der Waals surface area contributed by atoms with Crippen LogP contribution in [0.15, 0.2) is 53.1 Å². The number of rotatable bonds is 5. The zero-order chi connectivity index (χ0) is 21.1. The van der Waals surface area contributed by atoms with Gasteiger partial charge in [0.2, 0.25) is 23.5 Å². The molecule has 0 unspecified atom stereocenters. The molecule has 3 amide bonds. The Bertz CT molecular complexity index is 1130. The number of aromatic nitrogens is 2. The highest BCUT2D eigenvalue weighted by Gasteiger charge is 2.29. The van der Waals surface area contributed by atoms with Gasteiger partial charge in [0.05, 0.1) is 29.2 Å².